The highest BCUT2D eigenvalue weighted by Crippen LogP contribution is 2.47. The van der Waals surface area contributed by atoms with E-state index in [1.807, 2.05) is 17.8 Å². The van der Waals surface area contributed by atoms with Crippen molar-refractivity contribution in [3.05, 3.63) is 22.2 Å². The highest BCUT2D eigenvalue weighted by atomic mass is 79.9. The van der Waals surface area contributed by atoms with Gasteiger partial charge >= 0.3 is 0 Å². The van der Waals surface area contributed by atoms with Crippen molar-refractivity contribution >= 4 is 27.7 Å². The summed E-state index contributed by atoms with van der Waals surface area (Å²) in [4.78, 5) is 1.22. The third-order valence-corrected chi connectivity index (χ3v) is 4.45. The van der Waals surface area contributed by atoms with Crippen LogP contribution in [0, 0.1) is 0 Å². The molecule has 0 spiro atoms. The second-order valence-corrected chi connectivity index (χ2v) is 6.24. The zero-order valence-corrected chi connectivity index (χ0v) is 10.7. The Morgan fingerprint density at radius 3 is 2.86 bits per heavy atom. The lowest BCUT2D eigenvalue weighted by atomic mass is 9.81. The average molecular weight is 273 g/mol. The molecule has 0 aliphatic carbocycles. The van der Waals surface area contributed by atoms with Crippen LogP contribution in [-0.4, -0.2) is 10.9 Å². The topological polar surface area (TPSA) is 20.2 Å². The smallest absolute Gasteiger partial charge is 0.134 e. The summed E-state index contributed by atoms with van der Waals surface area (Å²) in [6.07, 6.45) is 1.12. The molecule has 76 valence electrons. The molecule has 1 heterocycles. The van der Waals surface area contributed by atoms with Crippen molar-refractivity contribution in [2.45, 2.75) is 30.6 Å². The van der Waals surface area contributed by atoms with Crippen LogP contribution in [0.1, 0.15) is 25.8 Å². The van der Waals surface area contributed by atoms with Gasteiger partial charge in [0.25, 0.3) is 0 Å². The third kappa shape index (κ3) is 1.57. The van der Waals surface area contributed by atoms with Crippen molar-refractivity contribution in [3.63, 3.8) is 0 Å². The van der Waals surface area contributed by atoms with Crippen LogP contribution in [0.5, 0.6) is 5.75 Å². The first-order valence-corrected chi connectivity index (χ1v) is 6.45. The fourth-order valence-corrected chi connectivity index (χ4v) is 3.71. The molecule has 0 unspecified atom stereocenters. The van der Waals surface area contributed by atoms with E-state index in [9.17, 15) is 5.11 Å². The minimum atomic E-state index is 0.0917. The number of halogens is 1. The maximum atomic E-state index is 10.0. The van der Waals surface area contributed by atoms with Crippen molar-refractivity contribution in [2.75, 3.05) is 5.75 Å². The van der Waals surface area contributed by atoms with E-state index in [1.54, 1.807) is 0 Å². The molecule has 0 saturated carbocycles. The van der Waals surface area contributed by atoms with E-state index in [2.05, 4.69) is 35.8 Å². The molecule has 0 bridgehead atoms. The van der Waals surface area contributed by atoms with Crippen LogP contribution in [0.25, 0.3) is 0 Å². The normalized spacial score (nSPS) is 19.1. The lowest BCUT2D eigenvalue weighted by Gasteiger charge is -2.32. The number of aromatic hydroxyl groups is 1. The molecule has 1 aliphatic heterocycles. The summed E-state index contributed by atoms with van der Waals surface area (Å²) >= 11 is 5.20. The monoisotopic (exact) mass is 272 g/mol. The molecule has 0 amide bonds. The predicted molar refractivity (Wildman–Crippen MR) is 64.2 cm³/mol. The van der Waals surface area contributed by atoms with E-state index >= 15 is 0 Å². The Labute approximate surface area is 97.0 Å². The van der Waals surface area contributed by atoms with E-state index in [-0.39, 0.29) is 5.41 Å². The maximum absolute atomic E-state index is 10.0. The quantitative estimate of drug-likeness (QED) is 0.773. The van der Waals surface area contributed by atoms with Crippen LogP contribution in [0.15, 0.2) is 21.5 Å². The molecular weight excluding hydrogens is 260 g/mol. The molecule has 0 fully saturated rings. The lowest BCUT2D eigenvalue weighted by Crippen LogP contribution is -2.22. The van der Waals surface area contributed by atoms with Gasteiger partial charge < -0.3 is 5.11 Å². The first-order chi connectivity index (χ1) is 6.52. The third-order valence-electron chi connectivity index (χ3n) is 2.75. The molecule has 0 atom stereocenters. The van der Waals surface area contributed by atoms with Gasteiger partial charge in [0.05, 0.1) is 4.47 Å². The van der Waals surface area contributed by atoms with Gasteiger partial charge in [0.2, 0.25) is 0 Å². The maximum Gasteiger partial charge on any atom is 0.134 e. The van der Waals surface area contributed by atoms with Gasteiger partial charge in [0.15, 0.2) is 0 Å². The van der Waals surface area contributed by atoms with Crippen molar-refractivity contribution in [2.24, 2.45) is 0 Å². The van der Waals surface area contributed by atoms with Gasteiger partial charge in [-0.05, 0) is 45.7 Å². The summed E-state index contributed by atoms with van der Waals surface area (Å²) in [7, 11) is 0. The predicted octanol–water partition coefficient (Wildman–Crippen LogP) is 3.93. The summed E-state index contributed by atoms with van der Waals surface area (Å²) in [6, 6.07) is 4.01. The van der Waals surface area contributed by atoms with Gasteiger partial charge in [-0.25, -0.2) is 0 Å². The van der Waals surface area contributed by atoms with Crippen molar-refractivity contribution in [1.29, 1.82) is 0 Å². The fourth-order valence-electron chi connectivity index (χ4n) is 1.86. The second kappa shape index (κ2) is 3.46. The van der Waals surface area contributed by atoms with Crippen molar-refractivity contribution in [1.82, 2.24) is 0 Å². The van der Waals surface area contributed by atoms with Crippen LogP contribution in [0.2, 0.25) is 0 Å². The number of hydrogen-bond acceptors (Lipinski definition) is 2. The van der Waals surface area contributed by atoms with Crippen molar-refractivity contribution in [3.8, 4) is 5.75 Å². The average Bonchev–Trinajstić information content (AvgIpc) is 2.10. The SMILES string of the molecule is CC1(C)CCSc2ccc(Br)c(O)c21. The number of phenols is 1. The molecule has 2 rings (SSSR count). The summed E-state index contributed by atoms with van der Waals surface area (Å²) in [5.74, 6) is 1.56. The molecule has 1 aromatic carbocycles. The van der Waals surface area contributed by atoms with Gasteiger partial charge in [-0.15, -0.1) is 11.8 Å². The molecular formula is C11H13BrOS. The number of hydrogen-bond donors (Lipinski definition) is 1. The van der Waals surface area contributed by atoms with Crippen LogP contribution in [-0.2, 0) is 5.41 Å². The fraction of sp³-hybridized carbons (Fsp3) is 0.455. The lowest BCUT2D eigenvalue weighted by molar-refractivity contribution is 0.417. The zero-order valence-electron chi connectivity index (χ0n) is 8.30. The molecule has 1 nitrogen and oxygen atoms in total. The number of fused-ring (bicyclic) bond motifs is 1. The Morgan fingerprint density at radius 2 is 2.14 bits per heavy atom. The molecule has 1 aromatic rings. The van der Waals surface area contributed by atoms with E-state index in [0.717, 1.165) is 22.2 Å². The van der Waals surface area contributed by atoms with Gasteiger partial charge in [0, 0.05) is 10.5 Å². The largest absolute Gasteiger partial charge is 0.506 e. The van der Waals surface area contributed by atoms with Crippen LogP contribution in [0.3, 0.4) is 0 Å². The highest BCUT2D eigenvalue weighted by Gasteiger charge is 2.31. The summed E-state index contributed by atoms with van der Waals surface area (Å²) in [6.45, 7) is 4.38. The zero-order chi connectivity index (χ0) is 10.3. The molecule has 1 aliphatic rings. The van der Waals surface area contributed by atoms with Gasteiger partial charge in [-0.1, -0.05) is 13.8 Å². The summed E-state index contributed by atoms with van der Waals surface area (Å²) in [5.41, 5.74) is 1.19. The first kappa shape index (κ1) is 10.4. The van der Waals surface area contributed by atoms with Gasteiger partial charge in [-0.3, -0.25) is 0 Å². The Hall–Kier alpha value is -0.150. The van der Waals surface area contributed by atoms with Crippen LogP contribution in [0.4, 0.5) is 0 Å². The standard InChI is InChI=1S/C11H13BrOS/c1-11(2)5-6-14-8-4-3-7(12)10(13)9(8)11/h3-4,13H,5-6H2,1-2H3. The minimum absolute atomic E-state index is 0.0917. The summed E-state index contributed by atoms with van der Waals surface area (Å²) < 4.78 is 0.798. The highest BCUT2D eigenvalue weighted by molar-refractivity contribution is 9.10. The Kier molecular flexibility index (Phi) is 2.56. The van der Waals surface area contributed by atoms with E-state index in [0.29, 0.717) is 5.75 Å². The number of phenolic OH excluding ortho intramolecular Hbond substituents is 1. The Bertz CT molecular complexity index is 374. The Balaban J connectivity index is 2.66. The summed E-state index contributed by atoms with van der Waals surface area (Å²) in [5, 5.41) is 10.0. The van der Waals surface area contributed by atoms with Gasteiger partial charge in [0.1, 0.15) is 5.75 Å². The van der Waals surface area contributed by atoms with Crippen molar-refractivity contribution < 1.29 is 5.11 Å². The van der Waals surface area contributed by atoms with Crippen LogP contribution < -0.4 is 0 Å². The van der Waals surface area contributed by atoms with Crippen LogP contribution >= 0.6 is 27.7 Å². The van der Waals surface area contributed by atoms with E-state index in [1.165, 1.54) is 4.90 Å². The number of benzene rings is 1. The Morgan fingerprint density at radius 1 is 1.43 bits per heavy atom. The van der Waals surface area contributed by atoms with Gasteiger partial charge in [-0.2, -0.15) is 0 Å². The molecule has 1 N–H and O–H groups in total. The molecule has 0 saturated heterocycles. The van der Waals surface area contributed by atoms with E-state index in [4.69, 9.17) is 0 Å². The number of thioether (sulfide) groups is 1. The molecule has 0 aromatic heterocycles. The molecule has 0 radical (unpaired) electrons. The first-order valence-electron chi connectivity index (χ1n) is 4.67. The van der Waals surface area contributed by atoms with E-state index < -0.39 is 0 Å². The minimum Gasteiger partial charge on any atom is -0.506 e. The molecule has 3 heteroatoms. The molecule has 14 heavy (non-hydrogen) atoms. The number of rotatable bonds is 0. The second-order valence-electron chi connectivity index (χ2n) is 4.25.